The van der Waals surface area contributed by atoms with Gasteiger partial charge in [-0.3, -0.25) is 9.78 Å². The molecule has 0 unspecified atom stereocenters. The molecule has 0 bridgehead atoms. The van der Waals surface area contributed by atoms with Crippen LogP contribution in [-0.4, -0.2) is 20.9 Å². The van der Waals surface area contributed by atoms with E-state index in [1.807, 2.05) is 84.9 Å². The molecule has 3 heterocycles. The maximum atomic E-state index is 13.3. The largest absolute Gasteiger partial charge is 0.322 e. The quantitative estimate of drug-likeness (QED) is 0.395. The van der Waals surface area contributed by atoms with Crippen molar-refractivity contribution in [2.24, 2.45) is 0 Å². The van der Waals surface area contributed by atoms with Crippen LogP contribution >= 0.6 is 0 Å². The Labute approximate surface area is 191 Å². The lowest BCUT2D eigenvalue weighted by Crippen LogP contribution is -2.13. The first-order chi connectivity index (χ1) is 16.3. The van der Waals surface area contributed by atoms with Crippen LogP contribution in [0.5, 0.6) is 0 Å². The zero-order chi connectivity index (χ0) is 22.5. The molecule has 0 fully saturated rings. The average molecular weight is 426 g/mol. The maximum absolute atomic E-state index is 13.3. The molecule has 0 saturated heterocycles. The van der Waals surface area contributed by atoms with Gasteiger partial charge in [0.1, 0.15) is 5.69 Å². The van der Waals surface area contributed by atoms with Gasteiger partial charge in [0.25, 0.3) is 5.91 Å². The minimum absolute atomic E-state index is 0.209. The van der Waals surface area contributed by atoms with Crippen molar-refractivity contribution in [3.05, 3.63) is 120 Å². The normalized spacial score (nSPS) is 10.3. The van der Waals surface area contributed by atoms with E-state index in [9.17, 15) is 4.79 Å². The second-order valence-corrected chi connectivity index (χ2v) is 7.31. The third-order valence-electron chi connectivity index (χ3n) is 5.06. The predicted molar refractivity (Wildman–Crippen MR) is 130 cm³/mol. The molecule has 0 aliphatic rings. The minimum atomic E-state index is -0.209. The van der Waals surface area contributed by atoms with Crippen molar-refractivity contribution in [1.82, 2.24) is 15.0 Å². The van der Waals surface area contributed by atoms with Crippen molar-refractivity contribution in [3.63, 3.8) is 0 Å². The van der Waals surface area contributed by atoms with Crippen LogP contribution in [0.3, 0.4) is 0 Å². The Kier molecular flexibility index (Phi) is 5.56. The highest BCUT2D eigenvalue weighted by molar-refractivity contribution is 6.13. The van der Waals surface area contributed by atoms with Gasteiger partial charge in [0.15, 0.2) is 0 Å². The number of anilines is 1. The minimum Gasteiger partial charge on any atom is -0.322 e. The first-order valence-electron chi connectivity index (χ1n) is 10.4. The molecule has 0 aliphatic heterocycles. The number of aromatic nitrogens is 3. The summed E-state index contributed by atoms with van der Waals surface area (Å²) >= 11 is 0. The molecule has 0 saturated carbocycles. The van der Waals surface area contributed by atoms with Crippen molar-refractivity contribution in [2.75, 3.05) is 5.32 Å². The Morgan fingerprint density at radius 2 is 1.64 bits per heavy atom. The fraction of sp³-hybridized carbons (Fsp3) is 0. The smallest absolute Gasteiger partial charge is 0.256 e. The van der Waals surface area contributed by atoms with Gasteiger partial charge in [0, 0.05) is 40.8 Å². The van der Waals surface area contributed by atoms with Crippen molar-refractivity contribution >= 4 is 22.5 Å². The summed E-state index contributed by atoms with van der Waals surface area (Å²) in [4.78, 5) is 26.3. The third kappa shape index (κ3) is 4.60. The molecule has 0 spiro atoms. The van der Waals surface area contributed by atoms with E-state index in [0.717, 1.165) is 27.7 Å². The number of hydrogen-bond donors (Lipinski definition) is 1. The monoisotopic (exact) mass is 426 g/mol. The van der Waals surface area contributed by atoms with Gasteiger partial charge in [0.2, 0.25) is 0 Å². The predicted octanol–water partition coefficient (Wildman–Crippen LogP) is 5.34. The number of carbonyl (C=O) groups excluding carboxylic acids is 1. The van der Waals surface area contributed by atoms with Gasteiger partial charge < -0.3 is 5.32 Å². The van der Waals surface area contributed by atoms with Crippen LogP contribution < -0.4 is 5.32 Å². The molecule has 5 nitrogen and oxygen atoms in total. The standard InChI is InChI=1S/C28H18N4O/c33-28(31-23-8-5-6-20(18-23)11-12-22-7-3-4-15-30-22)25-19-27(21-13-16-29-17-14-21)32-26-10-2-1-9-24(25)26/h1-10,13-19H,(H,31,33). The van der Waals surface area contributed by atoms with Gasteiger partial charge in [-0.25, -0.2) is 9.97 Å². The van der Waals surface area contributed by atoms with Gasteiger partial charge in [-0.15, -0.1) is 0 Å². The SMILES string of the molecule is O=C(Nc1cccc(C#Cc2ccccn2)c1)c1cc(-c2ccncc2)nc2ccccc12. The zero-order valence-electron chi connectivity index (χ0n) is 17.6. The lowest BCUT2D eigenvalue weighted by molar-refractivity contribution is 0.102. The lowest BCUT2D eigenvalue weighted by atomic mass is 10.0. The number of carbonyl (C=O) groups is 1. The van der Waals surface area contributed by atoms with Crippen LogP contribution in [0.4, 0.5) is 5.69 Å². The van der Waals surface area contributed by atoms with E-state index in [1.54, 1.807) is 18.6 Å². The summed E-state index contributed by atoms with van der Waals surface area (Å²) < 4.78 is 0. The lowest BCUT2D eigenvalue weighted by Gasteiger charge is -2.11. The number of hydrogen-bond acceptors (Lipinski definition) is 4. The van der Waals surface area contributed by atoms with Gasteiger partial charge in [0.05, 0.1) is 16.8 Å². The molecule has 1 amide bonds. The fourth-order valence-corrected chi connectivity index (χ4v) is 3.48. The van der Waals surface area contributed by atoms with Gasteiger partial charge >= 0.3 is 0 Å². The van der Waals surface area contributed by atoms with Gasteiger partial charge in [-0.05, 0) is 60.5 Å². The topological polar surface area (TPSA) is 67.8 Å². The van der Waals surface area contributed by atoms with Crippen LogP contribution in [0, 0.1) is 11.8 Å². The molecule has 0 aliphatic carbocycles. The molecular formula is C28H18N4O. The Balaban J connectivity index is 1.47. The number of fused-ring (bicyclic) bond motifs is 1. The molecule has 33 heavy (non-hydrogen) atoms. The highest BCUT2D eigenvalue weighted by Crippen LogP contribution is 2.25. The number of pyridine rings is 3. The van der Waals surface area contributed by atoms with Gasteiger partial charge in [-0.2, -0.15) is 0 Å². The summed E-state index contributed by atoms with van der Waals surface area (Å²) in [5.41, 5.74) is 5.07. The number of para-hydroxylation sites is 1. The molecule has 0 radical (unpaired) electrons. The highest BCUT2D eigenvalue weighted by Gasteiger charge is 2.14. The number of benzene rings is 2. The van der Waals surface area contributed by atoms with Crippen molar-refractivity contribution in [2.45, 2.75) is 0 Å². The number of nitrogens with one attached hydrogen (secondary N) is 1. The summed E-state index contributed by atoms with van der Waals surface area (Å²) in [6.45, 7) is 0. The van der Waals surface area contributed by atoms with E-state index in [0.29, 0.717) is 16.9 Å². The van der Waals surface area contributed by atoms with Crippen molar-refractivity contribution in [3.8, 4) is 23.1 Å². The number of rotatable bonds is 3. The molecule has 2 aromatic carbocycles. The zero-order valence-corrected chi connectivity index (χ0v) is 17.6. The molecule has 5 rings (SSSR count). The third-order valence-corrected chi connectivity index (χ3v) is 5.06. The van der Waals surface area contributed by atoms with E-state index in [1.165, 1.54) is 0 Å². The molecule has 156 valence electrons. The summed E-state index contributed by atoms with van der Waals surface area (Å²) in [6.07, 6.45) is 5.13. The number of amides is 1. The van der Waals surface area contributed by atoms with Gasteiger partial charge in [-0.1, -0.05) is 36.3 Å². The summed E-state index contributed by atoms with van der Waals surface area (Å²) in [5.74, 6) is 5.92. The van der Waals surface area contributed by atoms with E-state index in [2.05, 4.69) is 27.1 Å². The molecule has 0 atom stereocenters. The summed E-state index contributed by atoms with van der Waals surface area (Å²) in [5, 5.41) is 3.80. The summed E-state index contributed by atoms with van der Waals surface area (Å²) in [7, 11) is 0. The Hall–Kier alpha value is -4.82. The van der Waals surface area contributed by atoms with Crippen molar-refractivity contribution in [1.29, 1.82) is 0 Å². The Bertz CT molecular complexity index is 1500. The highest BCUT2D eigenvalue weighted by atomic mass is 16.1. The fourth-order valence-electron chi connectivity index (χ4n) is 3.48. The number of nitrogens with zero attached hydrogens (tertiary/aromatic N) is 3. The maximum Gasteiger partial charge on any atom is 0.256 e. The van der Waals surface area contributed by atoms with E-state index in [4.69, 9.17) is 4.98 Å². The van der Waals surface area contributed by atoms with Crippen LogP contribution in [0.15, 0.2) is 104 Å². The van der Waals surface area contributed by atoms with Crippen LogP contribution in [0.2, 0.25) is 0 Å². The van der Waals surface area contributed by atoms with E-state index >= 15 is 0 Å². The molecule has 5 aromatic rings. The van der Waals surface area contributed by atoms with Crippen LogP contribution in [0.1, 0.15) is 21.6 Å². The molecular weight excluding hydrogens is 408 g/mol. The average Bonchev–Trinajstić information content (AvgIpc) is 2.88. The van der Waals surface area contributed by atoms with Crippen molar-refractivity contribution < 1.29 is 4.79 Å². The molecule has 3 aromatic heterocycles. The molecule has 5 heteroatoms. The first kappa shape index (κ1) is 20.1. The first-order valence-corrected chi connectivity index (χ1v) is 10.4. The van der Waals surface area contributed by atoms with E-state index < -0.39 is 0 Å². The van der Waals surface area contributed by atoms with E-state index in [-0.39, 0.29) is 5.91 Å². The summed E-state index contributed by atoms with van der Waals surface area (Å²) in [6, 6.07) is 26.3. The Morgan fingerprint density at radius 1 is 0.788 bits per heavy atom. The Morgan fingerprint density at radius 3 is 2.48 bits per heavy atom. The second-order valence-electron chi connectivity index (χ2n) is 7.31. The van der Waals surface area contributed by atoms with Crippen LogP contribution in [-0.2, 0) is 0 Å². The van der Waals surface area contributed by atoms with Crippen LogP contribution in [0.25, 0.3) is 22.2 Å². The molecule has 1 N–H and O–H groups in total. The second kappa shape index (κ2) is 9.13.